The van der Waals surface area contributed by atoms with Crippen molar-refractivity contribution in [3.8, 4) is 0 Å². The lowest BCUT2D eigenvalue weighted by atomic mass is 10.6. The number of nitrogens with zero attached hydrogens (tertiary/aromatic N) is 1. The molecular weight excluding hydrogens is 152 g/mol. The van der Waals surface area contributed by atoms with E-state index in [2.05, 4.69) is 9.68 Å². The molecule has 0 atom stereocenters. The summed E-state index contributed by atoms with van der Waals surface area (Å²) in [5.74, 6) is -2.71. The molecule has 0 unspecified atom stereocenters. The molecule has 0 bridgehead atoms. The Labute approximate surface area is 60.8 Å². The van der Waals surface area contributed by atoms with Gasteiger partial charge in [0.1, 0.15) is 0 Å². The van der Waals surface area contributed by atoms with Crippen molar-refractivity contribution in [1.82, 2.24) is 5.16 Å². The summed E-state index contributed by atoms with van der Waals surface area (Å²) >= 11 is 0. The fourth-order valence-electron chi connectivity index (χ4n) is 0.446. The van der Waals surface area contributed by atoms with E-state index in [9.17, 15) is 9.59 Å². The Morgan fingerprint density at radius 3 is 2.82 bits per heavy atom. The van der Waals surface area contributed by atoms with Crippen LogP contribution in [0.5, 0.6) is 0 Å². The van der Waals surface area contributed by atoms with Gasteiger partial charge >= 0.3 is 11.9 Å². The first-order chi connectivity index (χ1) is 5.20. The van der Waals surface area contributed by atoms with E-state index in [0.717, 1.165) is 0 Å². The van der Waals surface area contributed by atoms with Gasteiger partial charge in [-0.25, -0.2) is 4.79 Å². The number of hydrogen-bond acceptors (Lipinski definition) is 4. The second-order valence-corrected chi connectivity index (χ2v) is 1.64. The number of carbonyl (C=O) groups is 2. The number of aliphatic carboxylic acids is 1. The largest absolute Gasteiger partial charge is 0.474 e. The third-order valence-electron chi connectivity index (χ3n) is 0.869. The molecule has 6 nitrogen and oxygen atoms in total. The van der Waals surface area contributed by atoms with Crippen molar-refractivity contribution in [3.05, 3.63) is 12.3 Å². The first-order valence-corrected chi connectivity index (χ1v) is 2.65. The van der Waals surface area contributed by atoms with E-state index in [-0.39, 0.29) is 5.88 Å². The first kappa shape index (κ1) is 7.26. The van der Waals surface area contributed by atoms with E-state index < -0.39 is 11.9 Å². The van der Waals surface area contributed by atoms with E-state index in [1.807, 2.05) is 5.32 Å². The number of carboxylic acids is 1. The highest BCUT2D eigenvalue weighted by Gasteiger charge is 2.12. The predicted octanol–water partition coefficient (Wildman–Crippen LogP) is -0.302. The van der Waals surface area contributed by atoms with Crippen molar-refractivity contribution in [2.45, 2.75) is 0 Å². The van der Waals surface area contributed by atoms with Gasteiger partial charge in [-0.1, -0.05) is 5.16 Å². The molecule has 0 radical (unpaired) electrons. The third-order valence-corrected chi connectivity index (χ3v) is 0.869. The van der Waals surface area contributed by atoms with E-state index in [1.54, 1.807) is 0 Å². The molecule has 6 heteroatoms. The zero-order valence-electron chi connectivity index (χ0n) is 5.27. The van der Waals surface area contributed by atoms with Crippen LogP contribution in [0.3, 0.4) is 0 Å². The number of hydrogen-bond donors (Lipinski definition) is 2. The number of carboxylic acid groups (broad SMARTS) is 1. The van der Waals surface area contributed by atoms with Crippen LogP contribution in [-0.2, 0) is 9.59 Å². The lowest BCUT2D eigenvalue weighted by molar-refractivity contribution is -0.147. The third kappa shape index (κ3) is 1.78. The van der Waals surface area contributed by atoms with Crippen LogP contribution in [0.2, 0.25) is 0 Å². The molecule has 1 heterocycles. The fourth-order valence-corrected chi connectivity index (χ4v) is 0.446. The maximum atomic E-state index is 10.4. The summed E-state index contributed by atoms with van der Waals surface area (Å²) in [6.07, 6.45) is 1.29. The van der Waals surface area contributed by atoms with Gasteiger partial charge < -0.3 is 9.63 Å². The maximum absolute atomic E-state index is 10.4. The van der Waals surface area contributed by atoms with Crippen LogP contribution in [0.1, 0.15) is 0 Å². The highest BCUT2D eigenvalue weighted by atomic mass is 16.5. The summed E-state index contributed by atoms with van der Waals surface area (Å²) in [6.45, 7) is 0. The topological polar surface area (TPSA) is 92.4 Å². The number of nitrogens with one attached hydrogen (secondary N) is 1. The Morgan fingerprint density at radius 1 is 1.64 bits per heavy atom. The Kier molecular flexibility index (Phi) is 1.86. The van der Waals surface area contributed by atoms with Crippen molar-refractivity contribution in [1.29, 1.82) is 0 Å². The van der Waals surface area contributed by atoms with Gasteiger partial charge in [0.25, 0.3) is 0 Å². The monoisotopic (exact) mass is 156 g/mol. The van der Waals surface area contributed by atoms with Crippen LogP contribution in [0, 0.1) is 0 Å². The second-order valence-electron chi connectivity index (χ2n) is 1.64. The van der Waals surface area contributed by atoms with Gasteiger partial charge in [-0.3, -0.25) is 10.1 Å². The summed E-state index contributed by atoms with van der Waals surface area (Å²) in [6, 6.07) is 1.33. The van der Waals surface area contributed by atoms with E-state index in [0.29, 0.717) is 0 Å². The van der Waals surface area contributed by atoms with Gasteiger partial charge in [0.05, 0.1) is 6.20 Å². The minimum absolute atomic E-state index is 0.0115. The number of amides is 1. The standard InChI is InChI=1S/C5H4N2O4/c8-4(5(9)10)7-3-1-2-6-11-3/h1-2H,(H,7,8)(H,9,10). The normalized spacial score (nSPS) is 9.09. The molecule has 1 aromatic heterocycles. The number of aromatic nitrogens is 1. The zero-order chi connectivity index (χ0) is 8.27. The Morgan fingerprint density at radius 2 is 2.36 bits per heavy atom. The highest BCUT2D eigenvalue weighted by Crippen LogP contribution is 2.02. The summed E-state index contributed by atoms with van der Waals surface area (Å²) < 4.78 is 4.41. The minimum Gasteiger partial charge on any atom is -0.474 e. The average Bonchev–Trinajstić information content (AvgIpc) is 2.39. The molecule has 0 saturated heterocycles. The quantitative estimate of drug-likeness (QED) is 0.544. The molecule has 11 heavy (non-hydrogen) atoms. The van der Waals surface area contributed by atoms with Gasteiger partial charge in [-0.05, 0) is 0 Å². The van der Waals surface area contributed by atoms with Crippen LogP contribution in [-0.4, -0.2) is 22.1 Å². The molecule has 1 amide bonds. The van der Waals surface area contributed by atoms with Gasteiger partial charge in [0, 0.05) is 6.07 Å². The van der Waals surface area contributed by atoms with E-state index >= 15 is 0 Å². The van der Waals surface area contributed by atoms with E-state index in [1.165, 1.54) is 12.3 Å². The molecule has 0 aromatic carbocycles. The van der Waals surface area contributed by atoms with Gasteiger partial charge in [-0.15, -0.1) is 0 Å². The molecule has 0 spiro atoms. The van der Waals surface area contributed by atoms with Gasteiger partial charge in [0.15, 0.2) is 0 Å². The highest BCUT2D eigenvalue weighted by molar-refractivity contribution is 6.36. The Bertz CT molecular complexity index is 266. The van der Waals surface area contributed by atoms with Crippen LogP contribution < -0.4 is 5.32 Å². The van der Waals surface area contributed by atoms with Crippen molar-refractivity contribution in [3.63, 3.8) is 0 Å². The smallest absolute Gasteiger partial charge is 0.394 e. The number of rotatable bonds is 1. The second kappa shape index (κ2) is 2.82. The molecule has 0 aliphatic rings. The molecule has 0 fully saturated rings. The van der Waals surface area contributed by atoms with Crippen LogP contribution in [0.4, 0.5) is 5.88 Å². The molecule has 1 rings (SSSR count). The molecule has 0 saturated carbocycles. The lowest BCUT2D eigenvalue weighted by Crippen LogP contribution is -2.21. The summed E-state index contributed by atoms with van der Waals surface area (Å²) in [7, 11) is 0. The van der Waals surface area contributed by atoms with E-state index in [4.69, 9.17) is 5.11 Å². The zero-order valence-corrected chi connectivity index (χ0v) is 5.27. The Hall–Kier alpha value is -1.85. The van der Waals surface area contributed by atoms with Crippen LogP contribution >= 0.6 is 0 Å². The van der Waals surface area contributed by atoms with Crippen LogP contribution in [0.15, 0.2) is 16.8 Å². The number of anilines is 1. The van der Waals surface area contributed by atoms with Crippen molar-refractivity contribution in [2.75, 3.05) is 5.32 Å². The lowest BCUT2D eigenvalue weighted by Gasteiger charge is -1.92. The molecular formula is C5H4N2O4. The average molecular weight is 156 g/mol. The molecule has 0 aliphatic carbocycles. The summed E-state index contributed by atoms with van der Waals surface area (Å²) in [4.78, 5) is 20.4. The van der Waals surface area contributed by atoms with Gasteiger partial charge in [0.2, 0.25) is 5.88 Å². The molecule has 1 aromatic rings. The van der Waals surface area contributed by atoms with Crippen LogP contribution in [0.25, 0.3) is 0 Å². The SMILES string of the molecule is O=C(O)C(=O)Nc1ccno1. The predicted molar refractivity (Wildman–Crippen MR) is 32.8 cm³/mol. The maximum Gasteiger partial charge on any atom is 0.394 e. The van der Waals surface area contributed by atoms with Gasteiger partial charge in [-0.2, -0.15) is 0 Å². The molecule has 58 valence electrons. The van der Waals surface area contributed by atoms with Crippen molar-refractivity contribution >= 4 is 17.8 Å². The van der Waals surface area contributed by atoms with Crippen molar-refractivity contribution in [2.24, 2.45) is 0 Å². The minimum atomic E-state index is -1.57. The summed E-state index contributed by atoms with van der Waals surface area (Å²) in [5, 5.41) is 13.3. The fraction of sp³-hybridized carbons (Fsp3) is 0. The first-order valence-electron chi connectivity index (χ1n) is 2.65. The number of carbonyl (C=O) groups excluding carboxylic acids is 1. The van der Waals surface area contributed by atoms with Crippen molar-refractivity contribution < 1.29 is 19.2 Å². The molecule has 0 aliphatic heterocycles. The Balaban J connectivity index is 2.57. The molecule has 2 N–H and O–H groups in total. The summed E-state index contributed by atoms with van der Waals surface area (Å²) in [5.41, 5.74) is 0.